The van der Waals surface area contributed by atoms with Crippen LogP contribution < -0.4 is 4.18 Å². The fraction of sp³-hybridized carbons (Fsp3) is 0.400. The molecule has 2 aromatic rings. The molecule has 24 heavy (non-hydrogen) atoms. The van der Waals surface area contributed by atoms with E-state index < -0.39 is 21.4 Å². The van der Waals surface area contributed by atoms with Crippen molar-refractivity contribution >= 4 is 21.0 Å². The molecule has 0 bridgehead atoms. The van der Waals surface area contributed by atoms with Gasteiger partial charge in [-0.25, -0.2) is 0 Å². The number of fused-ring (bicyclic) bond motifs is 1. The smallest absolute Gasteiger partial charge is 0.376 e. The Balaban J connectivity index is 2.32. The molecule has 2 rings (SSSR count). The first kappa shape index (κ1) is 18.5. The second-order valence-electron chi connectivity index (χ2n) is 5.14. The highest BCUT2D eigenvalue weighted by Crippen LogP contribution is 2.28. The predicted molar refractivity (Wildman–Crippen MR) is 84.0 cm³/mol. The summed E-state index contributed by atoms with van der Waals surface area (Å²) in [5, 5.41) is 0.509. The Labute approximate surface area is 138 Å². The molecular formula is C15H17F3N2O3S. The summed E-state index contributed by atoms with van der Waals surface area (Å²) in [6.07, 6.45) is 1.69. The van der Waals surface area contributed by atoms with Crippen molar-refractivity contribution in [3.05, 3.63) is 36.0 Å². The molecule has 0 fully saturated rings. The minimum Gasteiger partial charge on any atom is -0.376 e. The molecule has 0 aliphatic carbocycles. The Morgan fingerprint density at radius 1 is 1.17 bits per heavy atom. The van der Waals surface area contributed by atoms with Crippen LogP contribution in [0.5, 0.6) is 5.75 Å². The van der Waals surface area contributed by atoms with E-state index in [2.05, 4.69) is 14.1 Å². The van der Waals surface area contributed by atoms with Crippen LogP contribution in [0.2, 0.25) is 0 Å². The zero-order valence-corrected chi connectivity index (χ0v) is 14.0. The van der Waals surface area contributed by atoms with Crippen LogP contribution in [0, 0.1) is 0 Å². The standard InChI is InChI=1S/C15H17F3N2O3S/c1-3-20(4-2)10-11-7-12-8-13(5-6-14(12)19-9-11)23-24(21,22)15(16,17)18/h5-9H,3-4,10H2,1-2H3. The molecule has 0 spiro atoms. The summed E-state index contributed by atoms with van der Waals surface area (Å²) in [7, 11) is -5.69. The maximum atomic E-state index is 12.4. The number of halogens is 3. The summed E-state index contributed by atoms with van der Waals surface area (Å²) >= 11 is 0. The van der Waals surface area contributed by atoms with Crippen LogP contribution >= 0.6 is 0 Å². The summed E-state index contributed by atoms with van der Waals surface area (Å²) in [6.45, 7) is 6.38. The van der Waals surface area contributed by atoms with E-state index in [0.717, 1.165) is 24.7 Å². The first-order chi connectivity index (χ1) is 11.2. The fourth-order valence-electron chi connectivity index (χ4n) is 2.17. The van der Waals surface area contributed by atoms with Gasteiger partial charge in [-0.2, -0.15) is 21.6 Å². The highest BCUT2D eigenvalue weighted by Gasteiger charge is 2.48. The molecule has 0 aliphatic rings. The van der Waals surface area contributed by atoms with Gasteiger partial charge in [-0.1, -0.05) is 13.8 Å². The maximum absolute atomic E-state index is 12.4. The molecule has 0 aliphatic heterocycles. The van der Waals surface area contributed by atoms with Gasteiger partial charge in [0, 0.05) is 18.1 Å². The highest BCUT2D eigenvalue weighted by molar-refractivity contribution is 7.88. The molecule has 0 saturated carbocycles. The van der Waals surface area contributed by atoms with Crippen molar-refractivity contribution in [2.75, 3.05) is 13.1 Å². The highest BCUT2D eigenvalue weighted by atomic mass is 32.2. The average molecular weight is 362 g/mol. The number of rotatable bonds is 6. The van der Waals surface area contributed by atoms with Crippen LogP contribution in [0.25, 0.3) is 10.9 Å². The first-order valence-electron chi connectivity index (χ1n) is 7.28. The monoisotopic (exact) mass is 362 g/mol. The van der Waals surface area contributed by atoms with E-state index in [0.29, 0.717) is 17.4 Å². The number of pyridine rings is 1. The topological polar surface area (TPSA) is 59.5 Å². The fourth-order valence-corrected chi connectivity index (χ4v) is 2.62. The third-order valence-electron chi connectivity index (χ3n) is 3.50. The molecule has 132 valence electrons. The molecule has 0 unspecified atom stereocenters. The average Bonchev–Trinajstić information content (AvgIpc) is 2.50. The molecule has 0 radical (unpaired) electrons. The lowest BCUT2D eigenvalue weighted by Crippen LogP contribution is -2.28. The second-order valence-corrected chi connectivity index (χ2v) is 6.68. The van der Waals surface area contributed by atoms with E-state index >= 15 is 0 Å². The number of aromatic nitrogens is 1. The van der Waals surface area contributed by atoms with Crippen LogP contribution in [0.15, 0.2) is 30.5 Å². The van der Waals surface area contributed by atoms with Crippen LogP contribution in [-0.4, -0.2) is 36.9 Å². The zero-order chi connectivity index (χ0) is 18.0. The summed E-state index contributed by atoms with van der Waals surface area (Å²) in [5.41, 5.74) is -4.05. The van der Waals surface area contributed by atoms with Gasteiger partial charge < -0.3 is 4.18 Å². The van der Waals surface area contributed by atoms with E-state index in [1.165, 1.54) is 12.1 Å². The Morgan fingerprint density at radius 3 is 2.42 bits per heavy atom. The number of hydrogen-bond donors (Lipinski definition) is 0. The molecule has 5 nitrogen and oxygen atoms in total. The van der Waals surface area contributed by atoms with Crippen LogP contribution in [0.4, 0.5) is 13.2 Å². The first-order valence-corrected chi connectivity index (χ1v) is 8.69. The molecular weight excluding hydrogens is 345 g/mol. The van der Waals surface area contributed by atoms with E-state index in [1.54, 1.807) is 12.3 Å². The number of nitrogens with zero attached hydrogens (tertiary/aromatic N) is 2. The minimum absolute atomic E-state index is 0.401. The number of alkyl halides is 3. The molecule has 0 saturated heterocycles. The molecule has 0 amide bonds. The third kappa shape index (κ3) is 4.15. The van der Waals surface area contributed by atoms with Gasteiger partial charge in [0.15, 0.2) is 0 Å². The molecule has 1 aromatic heterocycles. The Bertz CT molecular complexity index is 818. The van der Waals surface area contributed by atoms with Crippen molar-refractivity contribution < 1.29 is 25.8 Å². The SMILES string of the molecule is CCN(CC)Cc1cnc2ccc(OS(=O)(=O)C(F)(F)F)cc2c1. The van der Waals surface area contributed by atoms with Crippen molar-refractivity contribution in [1.29, 1.82) is 0 Å². The summed E-state index contributed by atoms with van der Waals surface area (Å²) in [6, 6.07) is 5.55. The van der Waals surface area contributed by atoms with E-state index in [4.69, 9.17) is 0 Å². The second kappa shape index (κ2) is 6.94. The molecule has 1 aromatic carbocycles. The number of benzene rings is 1. The Morgan fingerprint density at radius 2 is 1.83 bits per heavy atom. The van der Waals surface area contributed by atoms with Crippen molar-refractivity contribution in [1.82, 2.24) is 9.88 Å². The Kier molecular flexibility index (Phi) is 5.34. The van der Waals surface area contributed by atoms with Crippen LogP contribution in [0.3, 0.4) is 0 Å². The van der Waals surface area contributed by atoms with Gasteiger partial charge in [0.1, 0.15) is 5.75 Å². The lowest BCUT2D eigenvalue weighted by molar-refractivity contribution is -0.0500. The van der Waals surface area contributed by atoms with Crippen molar-refractivity contribution in [2.24, 2.45) is 0 Å². The van der Waals surface area contributed by atoms with Crippen LogP contribution in [0.1, 0.15) is 19.4 Å². The summed E-state index contributed by atoms with van der Waals surface area (Å²) in [4.78, 5) is 6.39. The van der Waals surface area contributed by atoms with E-state index in [-0.39, 0.29) is 0 Å². The molecule has 0 N–H and O–H groups in total. The molecule has 0 atom stereocenters. The lowest BCUT2D eigenvalue weighted by atomic mass is 10.1. The van der Waals surface area contributed by atoms with Crippen LogP contribution in [-0.2, 0) is 16.7 Å². The van der Waals surface area contributed by atoms with Gasteiger partial charge in [-0.15, -0.1) is 0 Å². The normalized spacial score (nSPS) is 12.8. The summed E-state index contributed by atoms with van der Waals surface area (Å²) < 4.78 is 63.5. The van der Waals surface area contributed by atoms with Gasteiger partial charge in [0.2, 0.25) is 0 Å². The predicted octanol–water partition coefficient (Wildman–Crippen LogP) is 3.31. The van der Waals surface area contributed by atoms with Crippen molar-refractivity contribution in [3.63, 3.8) is 0 Å². The van der Waals surface area contributed by atoms with Gasteiger partial charge >= 0.3 is 15.6 Å². The van der Waals surface area contributed by atoms with Gasteiger partial charge in [-0.3, -0.25) is 9.88 Å². The summed E-state index contributed by atoms with van der Waals surface area (Å²) in [5.74, 6) is -0.401. The molecule has 9 heteroatoms. The molecule has 1 heterocycles. The van der Waals surface area contributed by atoms with Gasteiger partial charge in [0.05, 0.1) is 5.52 Å². The van der Waals surface area contributed by atoms with Gasteiger partial charge in [0.25, 0.3) is 0 Å². The minimum atomic E-state index is -5.69. The maximum Gasteiger partial charge on any atom is 0.534 e. The van der Waals surface area contributed by atoms with Crippen molar-refractivity contribution in [3.8, 4) is 5.75 Å². The quantitative estimate of drug-likeness (QED) is 0.583. The Hall–Kier alpha value is -1.87. The number of hydrogen-bond acceptors (Lipinski definition) is 5. The van der Waals surface area contributed by atoms with Gasteiger partial charge in [-0.05, 0) is 42.9 Å². The van der Waals surface area contributed by atoms with E-state index in [9.17, 15) is 21.6 Å². The van der Waals surface area contributed by atoms with Crippen molar-refractivity contribution in [2.45, 2.75) is 25.9 Å². The zero-order valence-electron chi connectivity index (χ0n) is 13.2. The largest absolute Gasteiger partial charge is 0.534 e. The van der Waals surface area contributed by atoms with E-state index in [1.807, 2.05) is 13.8 Å². The lowest BCUT2D eigenvalue weighted by Gasteiger charge is -2.18. The third-order valence-corrected chi connectivity index (χ3v) is 4.48.